The fraction of sp³-hybridized carbons (Fsp3) is 0.312. The summed E-state index contributed by atoms with van der Waals surface area (Å²) in [7, 11) is 0. The minimum atomic E-state index is -0.251. The molecule has 0 saturated heterocycles. The molecule has 1 aliphatic carbocycles. The number of hydrogen-bond donors (Lipinski definition) is 0. The zero-order chi connectivity index (χ0) is 15.1. The highest BCUT2D eigenvalue weighted by molar-refractivity contribution is 7.17. The normalized spacial score (nSPS) is 14.4. The Morgan fingerprint density at radius 2 is 2.32 bits per heavy atom. The van der Waals surface area contributed by atoms with Gasteiger partial charge in [0.2, 0.25) is 0 Å². The number of carbonyl (C=O) groups excluding carboxylic acids is 1. The van der Waals surface area contributed by atoms with Crippen molar-refractivity contribution in [1.29, 1.82) is 0 Å². The van der Waals surface area contributed by atoms with E-state index in [2.05, 4.69) is 5.10 Å². The third-order valence-corrected chi connectivity index (χ3v) is 4.83. The van der Waals surface area contributed by atoms with Crippen molar-refractivity contribution >= 4 is 22.8 Å². The van der Waals surface area contributed by atoms with Crippen LogP contribution in [-0.4, -0.2) is 27.2 Å². The molecule has 0 aromatic carbocycles. The van der Waals surface area contributed by atoms with Gasteiger partial charge in [-0.3, -0.25) is 0 Å². The second kappa shape index (κ2) is 5.21. The number of fused-ring (bicyclic) bond motifs is 1. The molecule has 22 heavy (non-hydrogen) atoms. The van der Waals surface area contributed by atoms with E-state index in [4.69, 9.17) is 9.72 Å². The molecule has 0 N–H and O–H groups in total. The summed E-state index contributed by atoms with van der Waals surface area (Å²) in [6.07, 6.45) is 5.89. The Morgan fingerprint density at radius 1 is 1.45 bits per heavy atom. The number of carbonyl (C=O) groups is 1. The topological polar surface area (TPSA) is 56.5 Å². The first kappa shape index (κ1) is 13.5. The lowest BCUT2D eigenvalue weighted by atomic mass is 10.2. The second-order valence-corrected chi connectivity index (χ2v) is 6.34. The van der Waals surface area contributed by atoms with Crippen molar-refractivity contribution in [3.63, 3.8) is 0 Å². The predicted octanol–water partition coefficient (Wildman–Crippen LogP) is 3.51. The molecule has 0 aliphatic heterocycles. The number of hydrogen-bond acceptors (Lipinski definition) is 5. The van der Waals surface area contributed by atoms with Crippen molar-refractivity contribution in [1.82, 2.24) is 14.6 Å². The van der Waals surface area contributed by atoms with Crippen LogP contribution in [0.5, 0.6) is 0 Å². The molecule has 112 valence electrons. The zero-order valence-electron chi connectivity index (χ0n) is 12.2. The standard InChI is InChI=1S/C16H15N3O2S/c1-2-21-16(20)14-13(10-3-4-10)18-15(22-14)11-6-8-19-12(9-11)5-7-17-19/h5-10H,2-4H2,1H3. The average molecular weight is 313 g/mol. The van der Waals surface area contributed by atoms with E-state index >= 15 is 0 Å². The van der Waals surface area contributed by atoms with Gasteiger partial charge in [0, 0.05) is 23.9 Å². The number of aromatic nitrogens is 3. The van der Waals surface area contributed by atoms with Crippen molar-refractivity contribution < 1.29 is 9.53 Å². The number of thiazole rings is 1. The Balaban J connectivity index is 1.77. The van der Waals surface area contributed by atoms with Gasteiger partial charge in [-0.15, -0.1) is 11.3 Å². The molecule has 0 spiro atoms. The fourth-order valence-electron chi connectivity index (χ4n) is 2.49. The Bertz CT molecular complexity index is 848. The highest BCUT2D eigenvalue weighted by Crippen LogP contribution is 2.44. The van der Waals surface area contributed by atoms with Gasteiger partial charge in [0.05, 0.1) is 17.8 Å². The van der Waals surface area contributed by atoms with Gasteiger partial charge >= 0.3 is 5.97 Å². The van der Waals surface area contributed by atoms with Gasteiger partial charge in [-0.2, -0.15) is 5.10 Å². The van der Waals surface area contributed by atoms with Crippen LogP contribution in [0, 0.1) is 0 Å². The second-order valence-electron chi connectivity index (χ2n) is 5.34. The maximum Gasteiger partial charge on any atom is 0.350 e. The van der Waals surface area contributed by atoms with Crippen LogP contribution in [0.15, 0.2) is 30.6 Å². The van der Waals surface area contributed by atoms with Crippen LogP contribution in [0.25, 0.3) is 16.1 Å². The molecule has 5 nitrogen and oxygen atoms in total. The quantitative estimate of drug-likeness (QED) is 0.692. The van der Waals surface area contributed by atoms with E-state index in [1.807, 2.05) is 35.8 Å². The van der Waals surface area contributed by atoms with Crippen LogP contribution in [0.3, 0.4) is 0 Å². The average Bonchev–Trinajstić information content (AvgIpc) is 3.10. The molecule has 0 radical (unpaired) electrons. The SMILES string of the molecule is CCOC(=O)c1sc(-c2ccn3nccc3c2)nc1C1CC1. The molecular formula is C16H15N3O2S. The minimum absolute atomic E-state index is 0.251. The molecule has 3 heterocycles. The number of pyridine rings is 1. The summed E-state index contributed by atoms with van der Waals surface area (Å²) in [5.41, 5.74) is 2.93. The molecule has 1 aliphatic rings. The van der Waals surface area contributed by atoms with Crippen molar-refractivity contribution in [2.45, 2.75) is 25.7 Å². The molecule has 6 heteroatoms. The molecule has 0 bridgehead atoms. The fourth-order valence-corrected chi connectivity index (χ4v) is 3.53. The molecule has 0 unspecified atom stereocenters. The van der Waals surface area contributed by atoms with Crippen LogP contribution >= 0.6 is 11.3 Å². The van der Waals surface area contributed by atoms with E-state index in [-0.39, 0.29) is 5.97 Å². The first-order valence-corrected chi connectivity index (χ1v) is 8.19. The Morgan fingerprint density at radius 3 is 3.09 bits per heavy atom. The predicted molar refractivity (Wildman–Crippen MR) is 84.2 cm³/mol. The van der Waals surface area contributed by atoms with Crippen molar-refractivity contribution in [2.24, 2.45) is 0 Å². The van der Waals surface area contributed by atoms with Crippen molar-refractivity contribution in [3.8, 4) is 10.6 Å². The first-order chi connectivity index (χ1) is 10.8. The lowest BCUT2D eigenvalue weighted by molar-refractivity contribution is 0.0530. The molecule has 3 aromatic rings. The minimum Gasteiger partial charge on any atom is -0.462 e. The van der Waals surface area contributed by atoms with E-state index in [0.29, 0.717) is 17.4 Å². The van der Waals surface area contributed by atoms with Gasteiger partial charge in [-0.25, -0.2) is 14.3 Å². The van der Waals surface area contributed by atoms with Crippen LogP contribution < -0.4 is 0 Å². The maximum atomic E-state index is 12.1. The summed E-state index contributed by atoms with van der Waals surface area (Å²) in [6.45, 7) is 2.21. The van der Waals surface area contributed by atoms with Crippen LogP contribution in [-0.2, 0) is 4.74 Å². The Kier molecular flexibility index (Phi) is 3.18. The molecule has 4 rings (SSSR count). The number of rotatable bonds is 4. The Hall–Kier alpha value is -2.21. The largest absolute Gasteiger partial charge is 0.462 e. The summed E-state index contributed by atoms with van der Waals surface area (Å²) >= 11 is 1.42. The van der Waals surface area contributed by atoms with Gasteiger partial charge in [-0.1, -0.05) is 0 Å². The van der Waals surface area contributed by atoms with Gasteiger partial charge < -0.3 is 4.74 Å². The van der Waals surface area contributed by atoms with Crippen LogP contribution in [0.4, 0.5) is 0 Å². The van der Waals surface area contributed by atoms with Gasteiger partial charge in [0.1, 0.15) is 9.88 Å². The summed E-state index contributed by atoms with van der Waals surface area (Å²) in [5, 5.41) is 5.06. The van der Waals surface area contributed by atoms with Crippen LogP contribution in [0.1, 0.15) is 41.0 Å². The Labute approximate surface area is 131 Å². The van der Waals surface area contributed by atoms with E-state index in [9.17, 15) is 4.79 Å². The lowest BCUT2D eigenvalue weighted by Crippen LogP contribution is -2.05. The highest BCUT2D eigenvalue weighted by atomic mass is 32.1. The van der Waals surface area contributed by atoms with Gasteiger partial charge in [0.15, 0.2) is 0 Å². The van der Waals surface area contributed by atoms with E-state index < -0.39 is 0 Å². The summed E-state index contributed by atoms with van der Waals surface area (Å²) in [4.78, 5) is 17.5. The number of nitrogens with zero attached hydrogens (tertiary/aromatic N) is 3. The molecular weight excluding hydrogens is 298 g/mol. The number of esters is 1. The summed E-state index contributed by atoms with van der Waals surface area (Å²) < 4.78 is 6.98. The smallest absolute Gasteiger partial charge is 0.350 e. The van der Waals surface area contributed by atoms with E-state index in [1.165, 1.54) is 11.3 Å². The third kappa shape index (κ3) is 2.29. The lowest BCUT2D eigenvalue weighted by Gasteiger charge is -1.99. The van der Waals surface area contributed by atoms with Gasteiger partial charge in [-0.05, 0) is 38.0 Å². The van der Waals surface area contributed by atoms with Gasteiger partial charge in [0.25, 0.3) is 0 Å². The first-order valence-electron chi connectivity index (χ1n) is 7.38. The summed E-state index contributed by atoms with van der Waals surface area (Å²) in [5.74, 6) is 0.168. The third-order valence-electron chi connectivity index (χ3n) is 3.72. The molecule has 1 saturated carbocycles. The zero-order valence-corrected chi connectivity index (χ0v) is 13.0. The molecule has 3 aromatic heterocycles. The molecule has 0 amide bonds. The monoisotopic (exact) mass is 313 g/mol. The van der Waals surface area contributed by atoms with E-state index in [1.54, 1.807) is 6.20 Å². The highest BCUT2D eigenvalue weighted by Gasteiger charge is 2.32. The van der Waals surface area contributed by atoms with Crippen molar-refractivity contribution in [3.05, 3.63) is 41.2 Å². The number of ether oxygens (including phenoxy) is 1. The molecule has 0 atom stereocenters. The van der Waals surface area contributed by atoms with Crippen LogP contribution in [0.2, 0.25) is 0 Å². The summed E-state index contributed by atoms with van der Waals surface area (Å²) in [6, 6.07) is 5.97. The van der Waals surface area contributed by atoms with E-state index in [0.717, 1.165) is 34.6 Å². The van der Waals surface area contributed by atoms with Crippen molar-refractivity contribution in [2.75, 3.05) is 6.61 Å². The maximum absolute atomic E-state index is 12.1. The molecule has 1 fully saturated rings.